The zero-order valence-corrected chi connectivity index (χ0v) is 22.2. The van der Waals surface area contributed by atoms with E-state index in [0.29, 0.717) is 18.7 Å². The summed E-state index contributed by atoms with van der Waals surface area (Å²) in [4.78, 5) is 24.5. The van der Waals surface area contributed by atoms with Gasteiger partial charge in [0.15, 0.2) is 0 Å². The molecule has 0 spiro atoms. The number of hydrogen-bond donors (Lipinski definition) is 1. The Bertz CT molecular complexity index is 1450. The van der Waals surface area contributed by atoms with Crippen molar-refractivity contribution in [3.63, 3.8) is 0 Å². The Morgan fingerprint density at radius 3 is 2.11 bits per heavy atom. The molecule has 0 radical (unpaired) electrons. The molecule has 5 heteroatoms. The quantitative estimate of drug-likeness (QED) is 0.241. The molecule has 5 aromatic rings. The molecule has 5 nitrogen and oxygen atoms in total. The monoisotopic (exact) mass is 502 g/mol. The molecule has 0 fully saturated rings. The number of H-pyrrole nitrogens is 1. The van der Waals surface area contributed by atoms with Crippen molar-refractivity contribution in [2.24, 2.45) is 5.41 Å². The molecule has 3 aromatic carbocycles. The van der Waals surface area contributed by atoms with Crippen LogP contribution in [0.25, 0.3) is 11.3 Å². The molecular weight excluding hydrogens is 468 g/mol. The molecule has 38 heavy (non-hydrogen) atoms. The highest BCUT2D eigenvalue weighted by molar-refractivity contribution is 5.94. The van der Waals surface area contributed by atoms with E-state index < -0.39 is 0 Å². The van der Waals surface area contributed by atoms with Crippen LogP contribution in [0.1, 0.15) is 54.1 Å². The summed E-state index contributed by atoms with van der Waals surface area (Å²) in [6, 6.07) is 31.9. The van der Waals surface area contributed by atoms with Gasteiger partial charge in [0.05, 0.1) is 11.7 Å². The summed E-state index contributed by atoms with van der Waals surface area (Å²) >= 11 is 0. The van der Waals surface area contributed by atoms with Crippen LogP contribution in [0, 0.1) is 5.41 Å². The van der Waals surface area contributed by atoms with E-state index in [4.69, 9.17) is 4.98 Å². The van der Waals surface area contributed by atoms with Gasteiger partial charge in [0.25, 0.3) is 5.91 Å². The molecule has 0 saturated heterocycles. The summed E-state index contributed by atoms with van der Waals surface area (Å²) in [5, 5.41) is 0. The minimum Gasteiger partial charge on any atom is -0.367 e. The molecule has 0 aliphatic rings. The van der Waals surface area contributed by atoms with Crippen LogP contribution in [0.2, 0.25) is 0 Å². The highest BCUT2D eigenvalue weighted by atomic mass is 16.2. The number of carbonyl (C=O) groups excluding carboxylic acids is 1. The molecule has 2 heterocycles. The maximum Gasteiger partial charge on any atom is 0.254 e. The lowest BCUT2D eigenvalue weighted by Crippen LogP contribution is -2.42. The fourth-order valence-electron chi connectivity index (χ4n) is 4.98. The lowest BCUT2D eigenvalue weighted by atomic mass is 9.84. The molecule has 0 aliphatic heterocycles. The number of hydrogen-bond acceptors (Lipinski definition) is 2. The Labute approximate surface area is 224 Å². The second-order valence-electron chi connectivity index (χ2n) is 10.8. The lowest BCUT2D eigenvalue weighted by Gasteiger charge is -2.40. The van der Waals surface area contributed by atoms with Gasteiger partial charge in [0, 0.05) is 42.8 Å². The summed E-state index contributed by atoms with van der Waals surface area (Å²) in [5.74, 6) is 0.863. The van der Waals surface area contributed by atoms with Crippen molar-refractivity contribution in [3.05, 3.63) is 138 Å². The van der Waals surface area contributed by atoms with Crippen LogP contribution in [0.3, 0.4) is 0 Å². The van der Waals surface area contributed by atoms with Gasteiger partial charge >= 0.3 is 0 Å². The molecule has 1 amide bonds. The van der Waals surface area contributed by atoms with Crippen molar-refractivity contribution < 1.29 is 4.79 Å². The first kappa shape index (κ1) is 25.3. The van der Waals surface area contributed by atoms with Crippen molar-refractivity contribution in [3.8, 4) is 11.3 Å². The number of imidazole rings is 1. The summed E-state index contributed by atoms with van der Waals surface area (Å²) in [6.07, 6.45) is 5.98. The number of amides is 1. The van der Waals surface area contributed by atoms with Gasteiger partial charge in [-0.3, -0.25) is 4.79 Å². The Kier molecular flexibility index (Phi) is 7.27. The predicted octanol–water partition coefficient (Wildman–Crippen LogP) is 7.36. The smallest absolute Gasteiger partial charge is 0.254 e. The minimum absolute atomic E-state index is 0.0118. The van der Waals surface area contributed by atoms with E-state index in [1.54, 1.807) is 0 Å². The van der Waals surface area contributed by atoms with Crippen LogP contribution in [-0.4, -0.2) is 25.3 Å². The maximum absolute atomic E-state index is 14.2. The molecule has 0 bridgehead atoms. The van der Waals surface area contributed by atoms with E-state index in [9.17, 15) is 4.79 Å². The topological polar surface area (TPSA) is 53.9 Å². The zero-order valence-electron chi connectivity index (χ0n) is 22.2. The second-order valence-corrected chi connectivity index (χ2v) is 10.8. The third-order valence-electron chi connectivity index (χ3n) is 6.75. The van der Waals surface area contributed by atoms with E-state index in [2.05, 4.69) is 72.9 Å². The number of carbonyl (C=O) groups is 1. The van der Waals surface area contributed by atoms with Gasteiger partial charge in [-0.05, 0) is 34.7 Å². The predicted molar refractivity (Wildman–Crippen MR) is 153 cm³/mol. The fraction of sp³-hybridized carbons (Fsp3) is 0.212. The second kappa shape index (κ2) is 10.9. The number of rotatable bonds is 8. The van der Waals surface area contributed by atoms with Crippen LogP contribution in [0.4, 0.5) is 0 Å². The maximum atomic E-state index is 14.2. The van der Waals surface area contributed by atoms with Gasteiger partial charge in [-0.15, -0.1) is 0 Å². The molecule has 0 saturated carbocycles. The Morgan fingerprint density at radius 2 is 1.50 bits per heavy atom. The van der Waals surface area contributed by atoms with Crippen LogP contribution in [0.5, 0.6) is 0 Å². The van der Waals surface area contributed by atoms with Crippen molar-refractivity contribution in [2.45, 2.75) is 39.9 Å². The number of nitrogens with one attached hydrogen (secondary N) is 1. The fourth-order valence-corrected chi connectivity index (χ4v) is 4.98. The highest BCUT2D eigenvalue weighted by Gasteiger charge is 2.38. The van der Waals surface area contributed by atoms with Gasteiger partial charge in [-0.1, -0.05) is 99.6 Å². The Balaban J connectivity index is 1.66. The van der Waals surface area contributed by atoms with Crippen LogP contribution in [0.15, 0.2) is 116 Å². The molecule has 0 aliphatic carbocycles. The van der Waals surface area contributed by atoms with Crippen molar-refractivity contribution in [1.82, 2.24) is 19.4 Å². The number of aromatic amines is 1. The molecule has 1 atom stereocenters. The first-order chi connectivity index (χ1) is 18.4. The lowest BCUT2D eigenvalue weighted by molar-refractivity contribution is 0.0456. The van der Waals surface area contributed by atoms with Crippen LogP contribution < -0.4 is 0 Å². The van der Waals surface area contributed by atoms with Crippen LogP contribution in [-0.2, 0) is 13.1 Å². The van der Waals surface area contributed by atoms with Gasteiger partial charge < -0.3 is 14.5 Å². The normalized spacial score (nSPS) is 12.3. The van der Waals surface area contributed by atoms with E-state index in [-0.39, 0.29) is 17.4 Å². The molecule has 2 aromatic heterocycles. The van der Waals surface area contributed by atoms with Crippen molar-refractivity contribution in [2.75, 3.05) is 0 Å². The number of benzene rings is 3. The zero-order chi connectivity index (χ0) is 26.5. The average molecular weight is 503 g/mol. The first-order valence-electron chi connectivity index (χ1n) is 13.0. The standard InChI is InChI=1S/C33H34N4O/c1-33(2,3)30(37(23-26-19-20-34-21-26)32(38)28-17-11-6-12-18-28)31-35-29(27-15-9-5-10-16-27)24-36(31)22-25-13-7-4-8-14-25/h4-21,24,30,34H,22-23H2,1-3H3/t30-/m0/s1. The van der Waals surface area contributed by atoms with E-state index in [1.165, 1.54) is 5.56 Å². The average Bonchev–Trinajstić information content (AvgIpc) is 3.59. The number of aromatic nitrogens is 3. The summed E-state index contributed by atoms with van der Waals surface area (Å²) in [6.45, 7) is 7.69. The Morgan fingerprint density at radius 1 is 0.868 bits per heavy atom. The first-order valence-corrected chi connectivity index (χ1v) is 13.0. The van der Waals surface area contributed by atoms with Gasteiger partial charge in [-0.2, -0.15) is 0 Å². The summed E-state index contributed by atoms with van der Waals surface area (Å²) in [7, 11) is 0. The molecule has 1 N–H and O–H groups in total. The van der Waals surface area contributed by atoms with E-state index in [0.717, 1.165) is 22.6 Å². The van der Waals surface area contributed by atoms with Crippen LogP contribution >= 0.6 is 0 Å². The Hall–Kier alpha value is -4.38. The summed E-state index contributed by atoms with van der Waals surface area (Å²) < 4.78 is 2.22. The van der Waals surface area contributed by atoms with E-state index >= 15 is 0 Å². The summed E-state index contributed by atoms with van der Waals surface area (Å²) in [5.41, 5.74) is 4.56. The molecule has 5 rings (SSSR count). The van der Waals surface area contributed by atoms with Gasteiger partial charge in [-0.25, -0.2) is 4.98 Å². The van der Waals surface area contributed by atoms with Crippen molar-refractivity contribution in [1.29, 1.82) is 0 Å². The molecule has 0 unspecified atom stereocenters. The van der Waals surface area contributed by atoms with Crippen molar-refractivity contribution >= 4 is 5.91 Å². The molecular formula is C33H34N4O. The minimum atomic E-state index is -0.297. The SMILES string of the molecule is CC(C)(C)[C@H](c1nc(-c2ccccc2)cn1Cc1ccccc1)N(Cc1cc[nH]c1)C(=O)c1ccccc1. The largest absolute Gasteiger partial charge is 0.367 e. The van der Waals surface area contributed by atoms with E-state index in [1.807, 2.05) is 78.0 Å². The molecule has 192 valence electrons. The third-order valence-corrected chi connectivity index (χ3v) is 6.75. The van der Waals surface area contributed by atoms with Gasteiger partial charge in [0.2, 0.25) is 0 Å². The third kappa shape index (κ3) is 5.62. The highest BCUT2D eigenvalue weighted by Crippen LogP contribution is 2.40. The number of nitrogens with zero attached hydrogens (tertiary/aromatic N) is 3. The van der Waals surface area contributed by atoms with Gasteiger partial charge in [0.1, 0.15) is 5.82 Å².